The van der Waals surface area contributed by atoms with Crippen molar-refractivity contribution in [3.8, 4) is 5.75 Å². The number of benzene rings is 2. The first-order valence-corrected chi connectivity index (χ1v) is 5.86. The van der Waals surface area contributed by atoms with Gasteiger partial charge in [0.25, 0.3) is 0 Å². The summed E-state index contributed by atoms with van der Waals surface area (Å²) < 4.78 is 13.1. The molecule has 0 heterocycles. The van der Waals surface area contributed by atoms with Gasteiger partial charge in [-0.05, 0) is 48.2 Å². The van der Waals surface area contributed by atoms with Crippen LogP contribution in [-0.4, -0.2) is 16.2 Å². The summed E-state index contributed by atoms with van der Waals surface area (Å²) in [4.78, 5) is 10.7. The first kappa shape index (κ1) is 13.1. The maximum absolute atomic E-state index is 13.1. The number of aromatic hydroxyl groups is 1. The molecular weight excluding hydrogens is 247 g/mol. The van der Waals surface area contributed by atoms with Crippen molar-refractivity contribution < 1.29 is 19.4 Å². The highest BCUT2D eigenvalue weighted by molar-refractivity contribution is 5.87. The predicted octanol–water partition coefficient (Wildman–Crippen LogP) is 3.01. The van der Waals surface area contributed by atoms with Crippen LogP contribution in [0.1, 0.15) is 21.5 Å². The number of carboxylic acids is 1. The molecule has 0 spiro atoms. The van der Waals surface area contributed by atoms with E-state index < -0.39 is 11.8 Å². The average molecular weight is 260 g/mol. The summed E-state index contributed by atoms with van der Waals surface area (Å²) in [6, 6.07) is 10.9. The van der Waals surface area contributed by atoms with Crippen molar-refractivity contribution >= 4 is 5.97 Å². The van der Waals surface area contributed by atoms with Gasteiger partial charge >= 0.3 is 5.97 Å². The molecule has 0 aliphatic carbocycles. The van der Waals surface area contributed by atoms with Crippen LogP contribution in [0.15, 0.2) is 42.5 Å². The highest BCUT2D eigenvalue weighted by Crippen LogP contribution is 2.17. The lowest BCUT2D eigenvalue weighted by atomic mass is 10.0. The molecule has 4 heteroatoms. The fraction of sp³-hybridized carbons (Fsp3) is 0.133. The molecule has 3 nitrogen and oxygen atoms in total. The van der Waals surface area contributed by atoms with Crippen molar-refractivity contribution in [2.45, 2.75) is 12.8 Å². The Morgan fingerprint density at radius 2 is 1.58 bits per heavy atom. The molecule has 0 bridgehead atoms. The summed E-state index contributed by atoms with van der Waals surface area (Å²) in [7, 11) is 0. The number of aryl methyl sites for hydroxylation is 2. The number of phenolic OH excluding ortho intramolecular Hbond substituents is 1. The highest BCUT2D eigenvalue weighted by atomic mass is 19.1. The molecule has 2 N–H and O–H groups in total. The standard InChI is InChI=1S/C15H13FO3/c16-13-9-11(5-8-14(13)17)2-1-10-3-6-12(7-4-10)15(18)19/h3-9,17H,1-2H2,(H,18,19). The predicted molar refractivity (Wildman–Crippen MR) is 68.9 cm³/mol. The molecule has 0 saturated carbocycles. The van der Waals surface area contributed by atoms with Crippen LogP contribution < -0.4 is 0 Å². The second-order valence-corrected chi connectivity index (χ2v) is 4.29. The fourth-order valence-corrected chi connectivity index (χ4v) is 1.81. The maximum atomic E-state index is 13.1. The molecule has 0 unspecified atom stereocenters. The van der Waals surface area contributed by atoms with Gasteiger partial charge in [0, 0.05) is 0 Å². The molecule has 0 saturated heterocycles. The Morgan fingerprint density at radius 1 is 1.00 bits per heavy atom. The molecule has 0 atom stereocenters. The van der Waals surface area contributed by atoms with Gasteiger partial charge in [-0.2, -0.15) is 0 Å². The van der Waals surface area contributed by atoms with E-state index in [1.54, 1.807) is 30.3 Å². The molecule has 2 rings (SSSR count). The number of rotatable bonds is 4. The van der Waals surface area contributed by atoms with Crippen molar-refractivity contribution in [3.63, 3.8) is 0 Å². The molecule has 0 radical (unpaired) electrons. The minimum atomic E-state index is -0.952. The number of hydrogen-bond donors (Lipinski definition) is 2. The monoisotopic (exact) mass is 260 g/mol. The van der Waals surface area contributed by atoms with Gasteiger partial charge in [0.1, 0.15) is 0 Å². The van der Waals surface area contributed by atoms with E-state index in [1.807, 2.05) is 0 Å². The van der Waals surface area contributed by atoms with Crippen molar-refractivity contribution in [2.75, 3.05) is 0 Å². The molecule has 2 aromatic carbocycles. The van der Waals surface area contributed by atoms with Crippen molar-refractivity contribution in [3.05, 3.63) is 65.0 Å². The summed E-state index contributed by atoms with van der Waals surface area (Å²) in [6.07, 6.45) is 1.31. The lowest BCUT2D eigenvalue weighted by molar-refractivity contribution is 0.0697. The molecule has 98 valence electrons. The lowest BCUT2D eigenvalue weighted by Gasteiger charge is -2.04. The number of halogens is 1. The largest absolute Gasteiger partial charge is 0.505 e. The topological polar surface area (TPSA) is 57.5 Å². The van der Waals surface area contributed by atoms with Crippen LogP contribution in [0.25, 0.3) is 0 Å². The summed E-state index contributed by atoms with van der Waals surface area (Å²) in [5, 5.41) is 17.9. The minimum absolute atomic E-state index is 0.249. The normalized spacial score (nSPS) is 10.4. The summed E-state index contributed by atoms with van der Waals surface area (Å²) in [6.45, 7) is 0. The molecule has 0 aromatic heterocycles. The molecule has 0 aliphatic heterocycles. The Labute approximate surface area is 109 Å². The maximum Gasteiger partial charge on any atom is 0.335 e. The minimum Gasteiger partial charge on any atom is -0.505 e. The number of hydrogen-bond acceptors (Lipinski definition) is 2. The fourth-order valence-electron chi connectivity index (χ4n) is 1.81. The van der Waals surface area contributed by atoms with Crippen LogP contribution in [0.2, 0.25) is 0 Å². The molecule has 2 aromatic rings. The first-order valence-electron chi connectivity index (χ1n) is 5.86. The van der Waals surface area contributed by atoms with E-state index in [9.17, 15) is 9.18 Å². The van der Waals surface area contributed by atoms with E-state index >= 15 is 0 Å². The Bertz CT molecular complexity index is 591. The summed E-state index contributed by atoms with van der Waals surface area (Å²) in [5.41, 5.74) is 2.02. The van der Waals surface area contributed by atoms with Gasteiger partial charge in [-0.25, -0.2) is 9.18 Å². The van der Waals surface area contributed by atoms with Crippen molar-refractivity contribution in [1.82, 2.24) is 0 Å². The van der Waals surface area contributed by atoms with Crippen LogP contribution in [0.5, 0.6) is 5.75 Å². The zero-order valence-corrected chi connectivity index (χ0v) is 10.1. The zero-order chi connectivity index (χ0) is 13.8. The molecule has 0 aliphatic rings. The summed E-state index contributed by atoms with van der Waals surface area (Å²) in [5.74, 6) is -1.93. The Balaban J connectivity index is 2.01. The number of aromatic carboxylic acids is 1. The second kappa shape index (κ2) is 5.52. The molecule has 0 amide bonds. The van der Waals surface area contributed by atoms with Crippen molar-refractivity contribution in [2.24, 2.45) is 0 Å². The van der Waals surface area contributed by atoms with E-state index in [0.717, 1.165) is 11.1 Å². The van der Waals surface area contributed by atoms with Gasteiger partial charge in [-0.1, -0.05) is 18.2 Å². The Kier molecular flexibility index (Phi) is 3.80. The van der Waals surface area contributed by atoms with Gasteiger partial charge in [0.2, 0.25) is 0 Å². The van der Waals surface area contributed by atoms with Crippen LogP contribution in [0.4, 0.5) is 4.39 Å². The third-order valence-electron chi connectivity index (χ3n) is 2.92. The average Bonchev–Trinajstić information content (AvgIpc) is 2.40. The lowest BCUT2D eigenvalue weighted by Crippen LogP contribution is -1.97. The highest BCUT2D eigenvalue weighted by Gasteiger charge is 2.04. The number of phenols is 1. The second-order valence-electron chi connectivity index (χ2n) is 4.29. The number of carbonyl (C=O) groups is 1. The van der Waals surface area contributed by atoms with Crippen LogP contribution in [0.3, 0.4) is 0 Å². The van der Waals surface area contributed by atoms with Gasteiger partial charge in [0.15, 0.2) is 11.6 Å². The quantitative estimate of drug-likeness (QED) is 0.888. The van der Waals surface area contributed by atoms with E-state index in [1.165, 1.54) is 12.1 Å². The smallest absolute Gasteiger partial charge is 0.335 e. The zero-order valence-electron chi connectivity index (χ0n) is 10.1. The first-order chi connectivity index (χ1) is 9.06. The van der Waals surface area contributed by atoms with Gasteiger partial charge in [-0.15, -0.1) is 0 Å². The van der Waals surface area contributed by atoms with Gasteiger partial charge in [-0.3, -0.25) is 0 Å². The summed E-state index contributed by atoms with van der Waals surface area (Å²) >= 11 is 0. The molecule has 0 fully saturated rings. The van der Waals surface area contributed by atoms with E-state index in [4.69, 9.17) is 10.2 Å². The molecular formula is C15H13FO3. The van der Waals surface area contributed by atoms with Gasteiger partial charge in [0.05, 0.1) is 5.56 Å². The third kappa shape index (κ3) is 3.31. The number of carboxylic acid groups (broad SMARTS) is 1. The van der Waals surface area contributed by atoms with Crippen LogP contribution >= 0.6 is 0 Å². The Hall–Kier alpha value is -2.36. The van der Waals surface area contributed by atoms with Crippen molar-refractivity contribution in [1.29, 1.82) is 0 Å². The third-order valence-corrected chi connectivity index (χ3v) is 2.92. The van der Waals surface area contributed by atoms with E-state index in [0.29, 0.717) is 12.8 Å². The van der Waals surface area contributed by atoms with E-state index in [2.05, 4.69) is 0 Å². The van der Waals surface area contributed by atoms with Crippen LogP contribution in [0, 0.1) is 5.82 Å². The van der Waals surface area contributed by atoms with Gasteiger partial charge < -0.3 is 10.2 Å². The molecule has 19 heavy (non-hydrogen) atoms. The van der Waals surface area contributed by atoms with Crippen LogP contribution in [-0.2, 0) is 12.8 Å². The van der Waals surface area contributed by atoms with E-state index in [-0.39, 0.29) is 11.3 Å². The SMILES string of the molecule is O=C(O)c1ccc(CCc2ccc(O)c(F)c2)cc1. The Morgan fingerprint density at radius 3 is 2.16 bits per heavy atom.